The number of rotatable bonds is 1. The third-order valence-corrected chi connectivity index (χ3v) is 2.96. The second kappa shape index (κ2) is 3.63. The third kappa shape index (κ3) is 1.48. The van der Waals surface area contributed by atoms with Crippen molar-refractivity contribution in [3.8, 4) is 0 Å². The van der Waals surface area contributed by atoms with Crippen molar-refractivity contribution in [1.82, 2.24) is 0 Å². The predicted molar refractivity (Wildman–Crippen MR) is 73.2 cm³/mol. The normalized spacial score (nSPS) is 12.4. The molecule has 0 atom stereocenters. The maximum Gasteiger partial charge on any atom is 0.136 e. The maximum atomic E-state index is 5.67. The van der Waals surface area contributed by atoms with Gasteiger partial charge in [0.1, 0.15) is 11.0 Å². The van der Waals surface area contributed by atoms with Gasteiger partial charge in [0.05, 0.1) is 0 Å². The quantitative estimate of drug-likeness (QED) is 0.614. The molecule has 3 rings (SSSR count). The molecule has 0 saturated carbocycles. The molecule has 0 fully saturated rings. The van der Waals surface area contributed by atoms with Gasteiger partial charge in [0.25, 0.3) is 0 Å². The van der Waals surface area contributed by atoms with Crippen molar-refractivity contribution in [3.05, 3.63) is 59.7 Å². The molecule has 0 spiro atoms. The molecule has 1 heteroatoms. The van der Waals surface area contributed by atoms with Gasteiger partial charge in [0.2, 0.25) is 0 Å². The van der Waals surface area contributed by atoms with Crippen molar-refractivity contribution in [2.45, 2.75) is 0 Å². The smallest absolute Gasteiger partial charge is 0.136 e. The van der Waals surface area contributed by atoms with Crippen molar-refractivity contribution >= 4 is 34.4 Å². The van der Waals surface area contributed by atoms with Crippen LogP contribution in [0.2, 0.25) is 0 Å². The van der Waals surface area contributed by atoms with Crippen LogP contribution >= 0.6 is 0 Å². The SMILES string of the molecule is C=C/C=c1\c(=C)oc2cc3ccccc3cc12. The Balaban J connectivity index is 2.57. The summed E-state index contributed by atoms with van der Waals surface area (Å²) in [5, 5.41) is 4.49. The Kier molecular flexibility index (Phi) is 2.12. The number of furan rings is 1. The van der Waals surface area contributed by atoms with Gasteiger partial charge in [-0.15, -0.1) is 0 Å². The second-order valence-corrected chi connectivity index (χ2v) is 4.04. The van der Waals surface area contributed by atoms with Crippen LogP contribution < -0.4 is 10.6 Å². The largest absolute Gasteiger partial charge is 0.457 e. The van der Waals surface area contributed by atoms with Crippen LogP contribution in [0.4, 0.5) is 0 Å². The Morgan fingerprint density at radius 1 is 1.06 bits per heavy atom. The maximum absolute atomic E-state index is 5.67. The number of fused-ring (bicyclic) bond motifs is 2. The summed E-state index contributed by atoms with van der Waals surface area (Å²) in [6, 6.07) is 12.4. The van der Waals surface area contributed by atoms with Gasteiger partial charge in [-0.05, 0) is 22.9 Å². The van der Waals surface area contributed by atoms with E-state index in [-0.39, 0.29) is 0 Å². The molecule has 0 saturated heterocycles. The van der Waals surface area contributed by atoms with Gasteiger partial charge in [-0.1, -0.05) is 49.6 Å². The minimum atomic E-state index is 0.690. The van der Waals surface area contributed by atoms with Crippen LogP contribution in [0.25, 0.3) is 34.4 Å². The lowest BCUT2D eigenvalue weighted by molar-refractivity contribution is 0.578. The zero-order valence-electron chi connectivity index (χ0n) is 9.44. The van der Waals surface area contributed by atoms with Crippen molar-refractivity contribution in [2.24, 2.45) is 0 Å². The van der Waals surface area contributed by atoms with Crippen LogP contribution in [0, 0.1) is 0 Å². The van der Waals surface area contributed by atoms with Gasteiger partial charge < -0.3 is 4.42 Å². The second-order valence-electron chi connectivity index (χ2n) is 4.04. The van der Waals surface area contributed by atoms with E-state index in [0.29, 0.717) is 5.42 Å². The average molecular weight is 220 g/mol. The Labute approximate surface area is 99.0 Å². The van der Waals surface area contributed by atoms with Crippen LogP contribution in [-0.2, 0) is 0 Å². The molecule has 3 aromatic rings. The molecule has 2 aromatic carbocycles. The number of benzene rings is 2. The molecular formula is C16H12O. The van der Waals surface area contributed by atoms with E-state index >= 15 is 0 Å². The standard InChI is InChI=1S/C16H12O/c1-3-6-14-11(2)17-16-10-13-8-5-4-7-12(13)9-15(14)16/h3-10H,1-2H2/b14-6+. The first-order valence-electron chi connectivity index (χ1n) is 5.52. The van der Waals surface area contributed by atoms with E-state index in [9.17, 15) is 0 Å². The van der Waals surface area contributed by atoms with Gasteiger partial charge in [-0.2, -0.15) is 0 Å². The molecule has 1 heterocycles. The zero-order chi connectivity index (χ0) is 11.8. The molecule has 0 unspecified atom stereocenters. The van der Waals surface area contributed by atoms with Crippen molar-refractivity contribution in [2.75, 3.05) is 0 Å². The topological polar surface area (TPSA) is 13.1 Å². The molecule has 0 N–H and O–H groups in total. The molecule has 0 aliphatic carbocycles. The predicted octanol–water partition coefficient (Wildman–Crippen LogP) is 2.96. The highest BCUT2D eigenvalue weighted by Crippen LogP contribution is 2.19. The van der Waals surface area contributed by atoms with E-state index in [1.54, 1.807) is 6.08 Å². The summed E-state index contributed by atoms with van der Waals surface area (Å²) in [6.45, 7) is 7.64. The Morgan fingerprint density at radius 2 is 1.76 bits per heavy atom. The van der Waals surface area contributed by atoms with Crippen LogP contribution in [-0.4, -0.2) is 0 Å². The molecule has 1 aromatic heterocycles. The van der Waals surface area contributed by atoms with Crippen LogP contribution in [0.1, 0.15) is 0 Å². The third-order valence-electron chi connectivity index (χ3n) is 2.96. The van der Waals surface area contributed by atoms with Gasteiger partial charge in [-0.3, -0.25) is 0 Å². The summed E-state index contributed by atoms with van der Waals surface area (Å²) in [4.78, 5) is 0. The first kappa shape index (κ1) is 9.91. The number of hydrogen-bond acceptors (Lipinski definition) is 1. The van der Waals surface area contributed by atoms with Crippen LogP contribution in [0.3, 0.4) is 0 Å². The van der Waals surface area contributed by atoms with E-state index in [2.05, 4.69) is 37.4 Å². The van der Waals surface area contributed by atoms with E-state index in [1.165, 1.54) is 10.8 Å². The van der Waals surface area contributed by atoms with Crippen LogP contribution in [0.5, 0.6) is 0 Å². The lowest BCUT2D eigenvalue weighted by atomic mass is 10.1. The van der Waals surface area contributed by atoms with E-state index in [0.717, 1.165) is 16.2 Å². The Morgan fingerprint density at radius 3 is 2.47 bits per heavy atom. The van der Waals surface area contributed by atoms with E-state index < -0.39 is 0 Å². The molecule has 0 aliphatic heterocycles. The first-order chi connectivity index (χ1) is 8.29. The Bertz CT molecular complexity index is 822. The highest BCUT2D eigenvalue weighted by Gasteiger charge is 2.03. The van der Waals surface area contributed by atoms with Crippen LogP contribution in [0.15, 0.2) is 53.5 Å². The number of allylic oxidation sites excluding steroid dienone is 1. The molecule has 82 valence electrons. The molecule has 0 amide bonds. The van der Waals surface area contributed by atoms with Gasteiger partial charge in [0.15, 0.2) is 0 Å². The molecule has 0 bridgehead atoms. The Hall–Kier alpha value is -2.28. The minimum Gasteiger partial charge on any atom is -0.457 e. The van der Waals surface area contributed by atoms with Gasteiger partial charge in [-0.25, -0.2) is 0 Å². The van der Waals surface area contributed by atoms with Crippen molar-refractivity contribution in [1.29, 1.82) is 0 Å². The number of hydrogen-bond donors (Lipinski definition) is 0. The zero-order valence-corrected chi connectivity index (χ0v) is 9.44. The van der Waals surface area contributed by atoms with E-state index in [4.69, 9.17) is 4.42 Å². The fourth-order valence-electron chi connectivity index (χ4n) is 2.15. The summed E-state index contributed by atoms with van der Waals surface area (Å²) >= 11 is 0. The summed E-state index contributed by atoms with van der Waals surface area (Å²) < 4.78 is 5.67. The lowest BCUT2D eigenvalue weighted by Gasteiger charge is -1.96. The monoisotopic (exact) mass is 220 g/mol. The summed E-state index contributed by atoms with van der Waals surface area (Å²) in [7, 11) is 0. The minimum absolute atomic E-state index is 0.690. The average Bonchev–Trinajstić information content (AvgIpc) is 2.63. The summed E-state index contributed by atoms with van der Waals surface area (Å²) in [6.07, 6.45) is 3.69. The molecule has 0 aliphatic rings. The fraction of sp³-hybridized carbons (Fsp3) is 0. The first-order valence-corrected chi connectivity index (χ1v) is 5.52. The van der Waals surface area contributed by atoms with Crippen molar-refractivity contribution < 1.29 is 4.42 Å². The summed E-state index contributed by atoms with van der Waals surface area (Å²) in [5.41, 5.74) is 1.57. The fourth-order valence-corrected chi connectivity index (χ4v) is 2.15. The molecule has 17 heavy (non-hydrogen) atoms. The van der Waals surface area contributed by atoms with Crippen molar-refractivity contribution in [3.63, 3.8) is 0 Å². The van der Waals surface area contributed by atoms with Gasteiger partial charge in [0, 0.05) is 10.6 Å². The lowest BCUT2D eigenvalue weighted by Crippen LogP contribution is -2.17. The molecule has 0 radical (unpaired) electrons. The molecule has 1 nitrogen and oxygen atoms in total. The van der Waals surface area contributed by atoms with Gasteiger partial charge >= 0.3 is 0 Å². The molecular weight excluding hydrogens is 208 g/mol. The van der Waals surface area contributed by atoms with E-state index in [1.807, 2.05) is 18.2 Å². The highest BCUT2D eigenvalue weighted by atomic mass is 16.3. The highest BCUT2D eigenvalue weighted by molar-refractivity contribution is 5.96. The summed E-state index contributed by atoms with van der Waals surface area (Å²) in [5.74, 6) is 0.